The number of aryl methyl sites for hydroxylation is 1. The molecule has 0 saturated heterocycles. The Morgan fingerprint density at radius 3 is 2.39 bits per heavy atom. The van der Waals surface area contributed by atoms with Crippen LogP contribution >= 0.6 is 0 Å². The van der Waals surface area contributed by atoms with Gasteiger partial charge in [-0.2, -0.15) is 0 Å². The Bertz CT molecular complexity index is 664. The Morgan fingerprint density at radius 2 is 1.83 bits per heavy atom. The molecule has 122 valence electrons. The van der Waals surface area contributed by atoms with Gasteiger partial charge in [0.25, 0.3) is 0 Å². The highest BCUT2D eigenvalue weighted by Crippen LogP contribution is 2.21. The van der Waals surface area contributed by atoms with Crippen molar-refractivity contribution in [1.82, 2.24) is 0 Å². The summed E-state index contributed by atoms with van der Waals surface area (Å²) in [6.45, 7) is 6.50. The molecular formula is C19H24N2O2. The summed E-state index contributed by atoms with van der Waals surface area (Å²) in [7, 11) is 1.64. The molecule has 0 spiro atoms. The summed E-state index contributed by atoms with van der Waals surface area (Å²) in [6, 6.07) is 13.7. The number of methoxy groups -OCH3 is 1. The van der Waals surface area contributed by atoms with E-state index in [4.69, 9.17) is 4.74 Å². The van der Waals surface area contributed by atoms with Crippen LogP contribution in [0, 0.1) is 6.92 Å². The van der Waals surface area contributed by atoms with Crippen LogP contribution in [0.1, 0.15) is 30.9 Å². The van der Waals surface area contributed by atoms with Crippen molar-refractivity contribution in [3.8, 4) is 5.75 Å². The van der Waals surface area contributed by atoms with Gasteiger partial charge in [0.15, 0.2) is 0 Å². The Balaban J connectivity index is 1.90. The van der Waals surface area contributed by atoms with Crippen LogP contribution in [0.4, 0.5) is 11.4 Å². The first kappa shape index (κ1) is 16.9. The van der Waals surface area contributed by atoms with E-state index in [2.05, 4.69) is 24.5 Å². The summed E-state index contributed by atoms with van der Waals surface area (Å²) in [4.78, 5) is 12.0. The predicted octanol–water partition coefficient (Wildman–Crippen LogP) is 4.18. The molecule has 0 bridgehead atoms. The van der Waals surface area contributed by atoms with E-state index in [1.54, 1.807) is 7.11 Å². The maximum Gasteiger partial charge on any atom is 0.243 e. The van der Waals surface area contributed by atoms with Gasteiger partial charge in [-0.05, 0) is 54.3 Å². The van der Waals surface area contributed by atoms with E-state index in [9.17, 15) is 4.79 Å². The number of rotatable bonds is 6. The molecule has 0 atom stereocenters. The summed E-state index contributed by atoms with van der Waals surface area (Å²) in [5.41, 5.74) is 4.04. The van der Waals surface area contributed by atoms with Crippen LogP contribution in [0.3, 0.4) is 0 Å². The molecule has 0 unspecified atom stereocenters. The number of nitrogens with one attached hydrogen (secondary N) is 2. The van der Waals surface area contributed by atoms with Crippen LogP contribution in [0.25, 0.3) is 0 Å². The molecule has 2 aromatic rings. The molecule has 0 aliphatic rings. The van der Waals surface area contributed by atoms with Crippen LogP contribution < -0.4 is 15.4 Å². The number of benzene rings is 2. The third-order valence-corrected chi connectivity index (χ3v) is 3.73. The minimum atomic E-state index is -0.0717. The van der Waals surface area contributed by atoms with Crippen LogP contribution in [-0.2, 0) is 4.79 Å². The predicted molar refractivity (Wildman–Crippen MR) is 95.4 cm³/mol. The van der Waals surface area contributed by atoms with E-state index in [1.807, 2.05) is 49.4 Å². The maximum atomic E-state index is 12.0. The largest absolute Gasteiger partial charge is 0.497 e. The molecule has 0 aromatic heterocycles. The lowest BCUT2D eigenvalue weighted by Crippen LogP contribution is -2.22. The maximum absolute atomic E-state index is 12.0. The van der Waals surface area contributed by atoms with Crippen molar-refractivity contribution < 1.29 is 9.53 Å². The first-order chi connectivity index (χ1) is 11.0. The quantitative estimate of drug-likeness (QED) is 0.841. The fourth-order valence-corrected chi connectivity index (χ4v) is 2.29. The fraction of sp³-hybridized carbons (Fsp3) is 0.316. The van der Waals surface area contributed by atoms with Crippen LogP contribution in [0.15, 0.2) is 42.5 Å². The molecule has 23 heavy (non-hydrogen) atoms. The molecule has 0 fully saturated rings. The zero-order valence-electron chi connectivity index (χ0n) is 14.1. The van der Waals surface area contributed by atoms with Crippen molar-refractivity contribution in [2.24, 2.45) is 0 Å². The van der Waals surface area contributed by atoms with E-state index >= 15 is 0 Å². The lowest BCUT2D eigenvalue weighted by molar-refractivity contribution is -0.114. The second-order valence-corrected chi connectivity index (χ2v) is 5.86. The minimum Gasteiger partial charge on any atom is -0.497 e. The highest BCUT2D eigenvalue weighted by Gasteiger charge is 2.05. The van der Waals surface area contributed by atoms with Gasteiger partial charge in [-0.1, -0.05) is 26.0 Å². The van der Waals surface area contributed by atoms with Gasteiger partial charge < -0.3 is 15.4 Å². The molecule has 2 aromatic carbocycles. The van der Waals surface area contributed by atoms with Crippen LogP contribution in [0.5, 0.6) is 5.75 Å². The van der Waals surface area contributed by atoms with Crippen molar-refractivity contribution in [2.45, 2.75) is 26.7 Å². The number of anilines is 2. The minimum absolute atomic E-state index is 0.0717. The van der Waals surface area contributed by atoms with E-state index in [1.165, 1.54) is 5.56 Å². The summed E-state index contributed by atoms with van der Waals surface area (Å²) in [6.07, 6.45) is 0. The SMILES string of the molecule is COc1ccc(NCC(=O)Nc2ccc(C(C)C)cc2)c(C)c1. The molecule has 4 nitrogen and oxygen atoms in total. The van der Waals surface area contributed by atoms with Gasteiger partial charge in [-0.15, -0.1) is 0 Å². The second-order valence-electron chi connectivity index (χ2n) is 5.86. The molecule has 1 amide bonds. The van der Waals surface area contributed by atoms with Crippen LogP contribution in [0.2, 0.25) is 0 Å². The molecule has 0 saturated carbocycles. The second kappa shape index (κ2) is 7.68. The van der Waals surface area contributed by atoms with Crippen molar-refractivity contribution in [3.05, 3.63) is 53.6 Å². The average Bonchev–Trinajstić information content (AvgIpc) is 2.54. The van der Waals surface area contributed by atoms with Gasteiger partial charge in [0.2, 0.25) is 5.91 Å². The summed E-state index contributed by atoms with van der Waals surface area (Å²) in [5.74, 6) is 1.22. The Labute approximate surface area is 137 Å². The van der Waals surface area contributed by atoms with E-state index in [0.29, 0.717) is 5.92 Å². The lowest BCUT2D eigenvalue weighted by atomic mass is 10.0. The molecule has 0 radical (unpaired) electrons. The average molecular weight is 312 g/mol. The topological polar surface area (TPSA) is 50.4 Å². The Kier molecular flexibility index (Phi) is 5.63. The molecule has 0 aliphatic carbocycles. The number of ether oxygens (including phenoxy) is 1. The Hall–Kier alpha value is -2.49. The summed E-state index contributed by atoms with van der Waals surface area (Å²) >= 11 is 0. The smallest absolute Gasteiger partial charge is 0.243 e. The van der Waals surface area contributed by atoms with Crippen molar-refractivity contribution in [2.75, 3.05) is 24.3 Å². The molecular weight excluding hydrogens is 288 g/mol. The van der Waals surface area contributed by atoms with Gasteiger partial charge in [0, 0.05) is 11.4 Å². The van der Waals surface area contributed by atoms with Crippen LogP contribution in [-0.4, -0.2) is 19.6 Å². The molecule has 0 heterocycles. The Morgan fingerprint density at radius 1 is 1.13 bits per heavy atom. The molecule has 4 heteroatoms. The number of carbonyl (C=O) groups excluding carboxylic acids is 1. The summed E-state index contributed by atoms with van der Waals surface area (Å²) in [5, 5.41) is 6.04. The van der Waals surface area contributed by atoms with Gasteiger partial charge in [0.05, 0.1) is 13.7 Å². The van der Waals surface area contributed by atoms with Crippen molar-refractivity contribution >= 4 is 17.3 Å². The van der Waals surface area contributed by atoms with Crippen molar-refractivity contribution in [3.63, 3.8) is 0 Å². The fourth-order valence-electron chi connectivity index (χ4n) is 2.29. The van der Waals surface area contributed by atoms with E-state index < -0.39 is 0 Å². The number of carbonyl (C=O) groups is 1. The third kappa shape index (κ3) is 4.74. The van der Waals surface area contributed by atoms with Gasteiger partial charge in [-0.3, -0.25) is 4.79 Å². The molecule has 2 rings (SSSR count). The first-order valence-electron chi connectivity index (χ1n) is 7.78. The normalized spacial score (nSPS) is 10.5. The highest BCUT2D eigenvalue weighted by molar-refractivity contribution is 5.93. The zero-order chi connectivity index (χ0) is 16.8. The molecule has 2 N–H and O–H groups in total. The standard InChI is InChI=1S/C19H24N2O2/c1-13(2)15-5-7-16(8-6-15)21-19(22)12-20-18-10-9-17(23-4)11-14(18)3/h5-11,13,20H,12H2,1-4H3,(H,21,22). The first-order valence-corrected chi connectivity index (χ1v) is 7.78. The number of amides is 1. The zero-order valence-corrected chi connectivity index (χ0v) is 14.1. The van der Waals surface area contributed by atoms with Crippen molar-refractivity contribution in [1.29, 1.82) is 0 Å². The van der Waals surface area contributed by atoms with Gasteiger partial charge in [0.1, 0.15) is 5.75 Å². The van der Waals surface area contributed by atoms with E-state index in [-0.39, 0.29) is 12.5 Å². The van der Waals surface area contributed by atoms with Gasteiger partial charge in [-0.25, -0.2) is 0 Å². The van der Waals surface area contributed by atoms with E-state index in [0.717, 1.165) is 22.7 Å². The third-order valence-electron chi connectivity index (χ3n) is 3.73. The number of hydrogen-bond acceptors (Lipinski definition) is 3. The highest BCUT2D eigenvalue weighted by atomic mass is 16.5. The molecule has 0 aliphatic heterocycles. The lowest BCUT2D eigenvalue weighted by Gasteiger charge is -2.12. The number of hydrogen-bond donors (Lipinski definition) is 2. The summed E-state index contributed by atoms with van der Waals surface area (Å²) < 4.78 is 5.17. The monoisotopic (exact) mass is 312 g/mol. The van der Waals surface area contributed by atoms with Gasteiger partial charge >= 0.3 is 0 Å².